The van der Waals surface area contributed by atoms with Crippen LogP contribution in [0.4, 0.5) is 5.69 Å². The minimum Gasteiger partial charge on any atom is -0.489 e. The van der Waals surface area contributed by atoms with E-state index in [1.807, 2.05) is 0 Å². The number of nitro groups is 1. The van der Waals surface area contributed by atoms with Crippen LogP contribution in [0.15, 0.2) is 16.6 Å². The van der Waals surface area contributed by atoms with Gasteiger partial charge in [-0.25, -0.2) is 0 Å². The summed E-state index contributed by atoms with van der Waals surface area (Å²) in [5, 5.41) is 11.2. The molecular formula is C14H22BrNO4Si. The molecule has 1 aromatic carbocycles. The van der Waals surface area contributed by atoms with Gasteiger partial charge in [0.05, 0.1) is 23.1 Å². The molecule has 0 radical (unpaired) electrons. The lowest BCUT2D eigenvalue weighted by atomic mass is 10.2. The van der Waals surface area contributed by atoms with Gasteiger partial charge >= 0.3 is 5.69 Å². The van der Waals surface area contributed by atoms with E-state index >= 15 is 0 Å². The molecule has 0 unspecified atom stereocenters. The van der Waals surface area contributed by atoms with E-state index in [9.17, 15) is 10.1 Å². The van der Waals surface area contributed by atoms with Crippen molar-refractivity contribution in [3.05, 3.63) is 32.3 Å². The van der Waals surface area contributed by atoms with Crippen molar-refractivity contribution >= 4 is 29.9 Å². The van der Waals surface area contributed by atoms with Crippen LogP contribution in [-0.2, 0) is 11.0 Å². The van der Waals surface area contributed by atoms with Crippen LogP contribution in [0.2, 0.25) is 18.1 Å². The third-order valence-corrected chi connectivity index (χ3v) is 8.96. The molecule has 118 valence electrons. The van der Waals surface area contributed by atoms with E-state index in [4.69, 9.17) is 9.16 Å². The lowest BCUT2D eigenvalue weighted by molar-refractivity contribution is -0.385. The van der Waals surface area contributed by atoms with Crippen LogP contribution >= 0.6 is 15.9 Å². The second-order valence-electron chi connectivity index (χ2n) is 6.44. The molecule has 0 spiro atoms. The first kappa shape index (κ1) is 18.1. The fraction of sp³-hybridized carbons (Fsp3) is 0.571. The Kier molecular flexibility index (Phi) is 5.57. The summed E-state index contributed by atoms with van der Waals surface area (Å²) in [6, 6.07) is 3.32. The minimum absolute atomic E-state index is 0.0549. The zero-order chi connectivity index (χ0) is 16.4. The largest absolute Gasteiger partial charge is 0.489 e. The molecule has 0 amide bonds. The average molecular weight is 376 g/mol. The Hall–Kier alpha value is -0.923. The Morgan fingerprint density at radius 1 is 1.33 bits per heavy atom. The molecular weight excluding hydrogens is 354 g/mol. The average Bonchev–Trinajstić information content (AvgIpc) is 2.34. The van der Waals surface area contributed by atoms with Gasteiger partial charge in [0.15, 0.2) is 8.32 Å². The third-order valence-electron chi connectivity index (χ3n) is 3.89. The molecule has 0 bridgehead atoms. The maximum Gasteiger partial charge on any atom is 0.312 e. The van der Waals surface area contributed by atoms with Crippen LogP contribution in [0.5, 0.6) is 5.75 Å². The molecule has 0 saturated heterocycles. The van der Waals surface area contributed by atoms with Crippen molar-refractivity contribution in [2.75, 3.05) is 7.11 Å². The maximum atomic E-state index is 11.1. The first-order valence-electron chi connectivity index (χ1n) is 6.64. The summed E-state index contributed by atoms with van der Waals surface area (Å²) >= 11 is 3.31. The number of hydrogen-bond donors (Lipinski definition) is 0. The van der Waals surface area contributed by atoms with Crippen molar-refractivity contribution in [1.82, 2.24) is 0 Å². The highest BCUT2D eigenvalue weighted by Gasteiger charge is 2.37. The van der Waals surface area contributed by atoms with Gasteiger partial charge in [-0.15, -0.1) is 0 Å². The molecule has 1 aromatic rings. The molecule has 1 rings (SSSR count). The molecule has 5 nitrogen and oxygen atoms in total. The van der Waals surface area contributed by atoms with Crippen LogP contribution in [0.25, 0.3) is 0 Å². The predicted octanol–water partition coefficient (Wildman–Crippen LogP) is 4.89. The molecule has 0 fully saturated rings. The van der Waals surface area contributed by atoms with E-state index in [0.717, 1.165) is 5.56 Å². The minimum atomic E-state index is -1.89. The zero-order valence-corrected chi connectivity index (χ0v) is 15.9. The van der Waals surface area contributed by atoms with E-state index in [1.54, 1.807) is 6.07 Å². The Labute approximate surface area is 135 Å². The van der Waals surface area contributed by atoms with Crippen LogP contribution < -0.4 is 4.74 Å². The number of ether oxygens (including phenoxy) is 1. The number of nitrogens with zero attached hydrogens (tertiary/aromatic N) is 1. The monoisotopic (exact) mass is 375 g/mol. The Morgan fingerprint density at radius 2 is 1.90 bits per heavy atom. The van der Waals surface area contributed by atoms with Gasteiger partial charge in [0.2, 0.25) is 5.75 Å². The topological polar surface area (TPSA) is 61.6 Å². The Bertz CT molecular complexity index is 541. The summed E-state index contributed by atoms with van der Waals surface area (Å²) in [6.45, 7) is 11.1. The molecule has 0 atom stereocenters. The summed E-state index contributed by atoms with van der Waals surface area (Å²) in [4.78, 5) is 10.7. The SMILES string of the molecule is COc1c(Br)cc(CO[Si](C)(C)C(C)(C)C)cc1[N+](=O)[O-]. The Balaban J connectivity index is 3.04. The van der Waals surface area contributed by atoms with Crippen molar-refractivity contribution in [2.45, 2.75) is 45.5 Å². The molecule has 0 aliphatic rings. The standard InChI is InChI=1S/C14H22BrNO4Si/c1-14(2,3)21(5,6)20-9-10-7-11(15)13(19-4)12(8-10)16(17)18/h7-8H,9H2,1-6H3. The lowest BCUT2D eigenvalue weighted by Crippen LogP contribution is -2.40. The Morgan fingerprint density at radius 3 is 2.33 bits per heavy atom. The molecule has 0 heterocycles. The summed E-state index contributed by atoms with van der Waals surface area (Å²) in [5.74, 6) is 0.232. The van der Waals surface area contributed by atoms with Crippen LogP contribution in [0, 0.1) is 10.1 Å². The number of methoxy groups -OCH3 is 1. The summed E-state index contributed by atoms with van der Waals surface area (Å²) in [6.07, 6.45) is 0. The van der Waals surface area contributed by atoms with Crippen LogP contribution in [-0.4, -0.2) is 20.4 Å². The first-order valence-corrected chi connectivity index (χ1v) is 10.3. The fourth-order valence-electron chi connectivity index (χ4n) is 1.53. The second-order valence-corrected chi connectivity index (χ2v) is 12.1. The van der Waals surface area contributed by atoms with E-state index in [-0.39, 0.29) is 16.5 Å². The maximum absolute atomic E-state index is 11.1. The molecule has 0 saturated carbocycles. The summed E-state index contributed by atoms with van der Waals surface area (Å²) in [5.41, 5.74) is 0.708. The molecule has 0 aliphatic heterocycles. The number of nitro benzene ring substituents is 1. The third kappa shape index (κ3) is 4.27. The van der Waals surface area contributed by atoms with Gasteiger partial charge in [0, 0.05) is 6.07 Å². The van der Waals surface area contributed by atoms with Crippen LogP contribution in [0.1, 0.15) is 26.3 Å². The predicted molar refractivity (Wildman–Crippen MR) is 89.3 cm³/mol. The van der Waals surface area contributed by atoms with E-state index < -0.39 is 13.2 Å². The van der Waals surface area contributed by atoms with Gasteiger partial charge in [-0.2, -0.15) is 0 Å². The molecule has 21 heavy (non-hydrogen) atoms. The summed E-state index contributed by atoms with van der Waals surface area (Å²) in [7, 11) is -0.472. The first-order chi connectivity index (χ1) is 9.49. The normalized spacial score (nSPS) is 12.3. The molecule has 0 aliphatic carbocycles. The quantitative estimate of drug-likeness (QED) is 0.417. The lowest BCUT2D eigenvalue weighted by Gasteiger charge is -2.36. The van der Waals surface area contributed by atoms with Gasteiger partial charge in [0.1, 0.15) is 0 Å². The van der Waals surface area contributed by atoms with Crippen molar-refractivity contribution in [2.24, 2.45) is 0 Å². The van der Waals surface area contributed by atoms with E-state index in [0.29, 0.717) is 11.1 Å². The molecule has 0 N–H and O–H groups in total. The van der Waals surface area contributed by atoms with Crippen molar-refractivity contribution in [3.8, 4) is 5.75 Å². The molecule has 7 heteroatoms. The number of rotatable bonds is 5. The summed E-state index contributed by atoms with van der Waals surface area (Å²) < 4.78 is 11.7. The van der Waals surface area contributed by atoms with Gasteiger partial charge in [-0.05, 0) is 45.7 Å². The molecule has 0 aromatic heterocycles. The van der Waals surface area contributed by atoms with Crippen molar-refractivity contribution < 1.29 is 14.1 Å². The van der Waals surface area contributed by atoms with Gasteiger partial charge in [-0.3, -0.25) is 10.1 Å². The number of hydrogen-bond acceptors (Lipinski definition) is 4. The van der Waals surface area contributed by atoms with Gasteiger partial charge in [-0.1, -0.05) is 20.8 Å². The van der Waals surface area contributed by atoms with E-state index in [1.165, 1.54) is 13.2 Å². The highest BCUT2D eigenvalue weighted by Crippen LogP contribution is 2.39. The highest BCUT2D eigenvalue weighted by molar-refractivity contribution is 9.10. The fourth-order valence-corrected chi connectivity index (χ4v) is 3.15. The van der Waals surface area contributed by atoms with Gasteiger partial charge in [0.25, 0.3) is 0 Å². The van der Waals surface area contributed by atoms with Gasteiger partial charge < -0.3 is 9.16 Å². The second kappa shape index (κ2) is 6.45. The zero-order valence-electron chi connectivity index (χ0n) is 13.3. The number of halogens is 1. The number of benzene rings is 1. The van der Waals surface area contributed by atoms with E-state index in [2.05, 4.69) is 49.8 Å². The van der Waals surface area contributed by atoms with Crippen molar-refractivity contribution in [3.63, 3.8) is 0 Å². The van der Waals surface area contributed by atoms with Crippen molar-refractivity contribution in [1.29, 1.82) is 0 Å². The highest BCUT2D eigenvalue weighted by atomic mass is 79.9. The van der Waals surface area contributed by atoms with Crippen LogP contribution in [0.3, 0.4) is 0 Å². The smallest absolute Gasteiger partial charge is 0.312 e.